The van der Waals surface area contributed by atoms with Crippen molar-refractivity contribution in [2.45, 2.75) is 0 Å². The number of benzene rings is 1. The van der Waals surface area contributed by atoms with Gasteiger partial charge in [0.25, 0.3) is 0 Å². The lowest BCUT2D eigenvalue weighted by Crippen LogP contribution is -2.00. The average Bonchev–Trinajstić information content (AvgIpc) is 2.34. The maximum absolute atomic E-state index is 10.7. The zero-order valence-corrected chi connectivity index (χ0v) is 11.4. The maximum atomic E-state index is 10.7. The predicted octanol–water partition coefficient (Wildman–Crippen LogP) is 3.94. The van der Waals surface area contributed by atoms with Crippen molar-refractivity contribution in [1.29, 1.82) is 0 Å². The van der Waals surface area contributed by atoms with Crippen LogP contribution in [0.25, 0.3) is 0 Å². The second-order valence-electron chi connectivity index (χ2n) is 3.49. The first-order valence-electron chi connectivity index (χ1n) is 4.97. The first-order chi connectivity index (χ1) is 8.56. The second-order valence-corrected chi connectivity index (χ2v) is 4.78. The number of halogens is 2. The average molecular weight is 328 g/mol. The highest BCUT2D eigenvalue weighted by molar-refractivity contribution is 9.10. The zero-order valence-electron chi connectivity index (χ0n) is 9.02. The minimum absolute atomic E-state index is 0.00529. The normalized spacial score (nSPS) is 10.1. The summed E-state index contributed by atoms with van der Waals surface area (Å²) in [7, 11) is 0. The molecule has 0 aliphatic carbocycles. The van der Waals surface area contributed by atoms with Crippen LogP contribution >= 0.6 is 27.5 Å². The Balaban J connectivity index is 2.23. The van der Waals surface area contributed by atoms with Gasteiger partial charge in [-0.3, -0.25) is 0 Å². The fourth-order valence-electron chi connectivity index (χ4n) is 1.34. The van der Waals surface area contributed by atoms with Crippen LogP contribution in [0.1, 0.15) is 10.5 Å². The van der Waals surface area contributed by atoms with Gasteiger partial charge in [-0.05, 0) is 46.3 Å². The van der Waals surface area contributed by atoms with E-state index < -0.39 is 5.97 Å². The molecular formula is C12H8BrClN2O2. The molecule has 1 aromatic heterocycles. The summed E-state index contributed by atoms with van der Waals surface area (Å²) in [5, 5.41) is 12.4. The van der Waals surface area contributed by atoms with Crippen molar-refractivity contribution < 1.29 is 9.90 Å². The lowest BCUT2D eigenvalue weighted by molar-refractivity contribution is 0.0690. The SMILES string of the molecule is O=C(O)c1ccc(Nc2cc(Cl)ccc2Br)cn1. The van der Waals surface area contributed by atoms with Gasteiger partial charge in [-0.1, -0.05) is 11.6 Å². The Bertz CT molecular complexity index is 587. The molecule has 2 N–H and O–H groups in total. The molecule has 0 aliphatic rings. The number of pyridine rings is 1. The van der Waals surface area contributed by atoms with Gasteiger partial charge in [-0.25, -0.2) is 9.78 Å². The van der Waals surface area contributed by atoms with Crippen molar-refractivity contribution in [3.63, 3.8) is 0 Å². The minimum atomic E-state index is -1.05. The van der Waals surface area contributed by atoms with Crippen LogP contribution < -0.4 is 5.32 Å². The number of nitrogens with one attached hydrogen (secondary N) is 1. The van der Waals surface area contributed by atoms with Gasteiger partial charge in [0.15, 0.2) is 0 Å². The van der Waals surface area contributed by atoms with E-state index in [1.165, 1.54) is 12.3 Å². The quantitative estimate of drug-likeness (QED) is 0.896. The first-order valence-corrected chi connectivity index (χ1v) is 6.15. The topological polar surface area (TPSA) is 62.2 Å². The summed E-state index contributed by atoms with van der Waals surface area (Å²) in [6.07, 6.45) is 1.46. The molecular weight excluding hydrogens is 320 g/mol. The number of hydrogen-bond acceptors (Lipinski definition) is 3. The molecule has 0 unspecified atom stereocenters. The molecule has 0 radical (unpaired) electrons. The van der Waals surface area contributed by atoms with Crippen molar-refractivity contribution in [1.82, 2.24) is 4.98 Å². The molecule has 92 valence electrons. The Morgan fingerprint density at radius 2 is 2.11 bits per heavy atom. The number of aromatic carboxylic acids is 1. The number of nitrogens with zero attached hydrogens (tertiary/aromatic N) is 1. The number of carbonyl (C=O) groups is 1. The Labute approximate surface area is 117 Å². The predicted molar refractivity (Wildman–Crippen MR) is 73.6 cm³/mol. The minimum Gasteiger partial charge on any atom is -0.477 e. The summed E-state index contributed by atoms with van der Waals surface area (Å²) in [5.74, 6) is -1.05. The molecule has 2 aromatic rings. The van der Waals surface area contributed by atoms with Crippen LogP contribution in [0.15, 0.2) is 41.0 Å². The summed E-state index contributed by atoms with van der Waals surface area (Å²) in [5.41, 5.74) is 1.47. The van der Waals surface area contributed by atoms with E-state index in [2.05, 4.69) is 26.2 Å². The number of carboxylic acid groups (broad SMARTS) is 1. The summed E-state index contributed by atoms with van der Waals surface area (Å²) in [6, 6.07) is 8.43. The second kappa shape index (κ2) is 5.37. The van der Waals surface area contributed by atoms with Crippen LogP contribution in [0.3, 0.4) is 0 Å². The van der Waals surface area contributed by atoms with Crippen molar-refractivity contribution in [3.05, 3.63) is 51.7 Å². The van der Waals surface area contributed by atoms with Crippen LogP contribution in [0.2, 0.25) is 5.02 Å². The van der Waals surface area contributed by atoms with Gasteiger partial charge in [0.05, 0.1) is 17.6 Å². The third-order valence-corrected chi connectivity index (χ3v) is 3.12. The number of hydrogen-bond donors (Lipinski definition) is 2. The summed E-state index contributed by atoms with van der Waals surface area (Å²) >= 11 is 9.29. The molecule has 0 saturated carbocycles. The number of anilines is 2. The number of rotatable bonds is 3. The third-order valence-electron chi connectivity index (χ3n) is 2.19. The van der Waals surface area contributed by atoms with E-state index in [0.29, 0.717) is 10.7 Å². The van der Waals surface area contributed by atoms with Gasteiger partial charge < -0.3 is 10.4 Å². The van der Waals surface area contributed by atoms with Crippen LogP contribution in [0.5, 0.6) is 0 Å². The molecule has 4 nitrogen and oxygen atoms in total. The zero-order chi connectivity index (χ0) is 13.1. The van der Waals surface area contributed by atoms with Crippen molar-refractivity contribution in [2.24, 2.45) is 0 Å². The monoisotopic (exact) mass is 326 g/mol. The van der Waals surface area contributed by atoms with Crippen LogP contribution in [-0.2, 0) is 0 Å². The number of aromatic nitrogens is 1. The Hall–Kier alpha value is -1.59. The smallest absolute Gasteiger partial charge is 0.354 e. The van der Waals surface area contributed by atoms with Crippen LogP contribution in [0.4, 0.5) is 11.4 Å². The van der Waals surface area contributed by atoms with Crippen molar-refractivity contribution in [2.75, 3.05) is 5.32 Å². The molecule has 6 heteroatoms. The molecule has 0 fully saturated rings. The summed E-state index contributed by atoms with van der Waals surface area (Å²) in [6.45, 7) is 0. The van der Waals surface area contributed by atoms with E-state index in [-0.39, 0.29) is 5.69 Å². The maximum Gasteiger partial charge on any atom is 0.354 e. The van der Waals surface area contributed by atoms with Crippen molar-refractivity contribution >= 4 is 44.9 Å². The van der Waals surface area contributed by atoms with E-state index in [4.69, 9.17) is 16.7 Å². The van der Waals surface area contributed by atoms with Gasteiger partial charge in [-0.2, -0.15) is 0 Å². The van der Waals surface area contributed by atoms with E-state index in [9.17, 15) is 4.79 Å². The molecule has 0 aliphatic heterocycles. The Kier molecular flexibility index (Phi) is 3.84. The molecule has 18 heavy (non-hydrogen) atoms. The fourth-order valence-corrected chi connectivity index (χ4v) is 1.86. The summed E-state index contributed by atoms with van der Waals surface area (Å²) < 4.78 is 0.856. The highest BCUT2D eigenvalue weighted by atomic mass is 79.9. The lowest BCUT2D eigenvalue weighted by atomic mass is 10.3. The van der Waals surface area contributed by atoms with E-state index in [1.54, 1.807) is 18.2 Å². The van der Waals surface area contributed by atoms with E-state index >= 15 is 0 Å². The van der Waals surface area contributed by atoms with Crippen molar-refractivity contribution in [3.8, 4) is 0 Å². The molecule has 2 rings (SSSR count). The third kappa shape index (κ3) is 3.00. The first kappa shape index (κ1) is 12.9. The van der Waals surface area contributed by atoms with Gasteiger partial charge >= 0.3 is 5.97 Å². The van der Waals surface area contributed by atoms with Gasteiger partial charge in [0.2, 0.25) is 0 Å². The Morgan fingerprint density at radius 1 is 1.33 bits per heavy atom. The fraction of sp³-hybridized carbons (Fsp3) is 0. The van der Waals surface area contributed by atoms with Crippen LogP contribution in [-0.4, -0.2) is 16.1 Å². The molecule has 0 saturated heterocycles. The van der Waals surface area contributed by atoms with Gasteiger partial charge in [0, 0.05) is 9.50 Å². The van der Waals surface area contributed by atoms with Crippen LogP contribution in [0, 0.1) is 0 Å². The molecule has 0 bridgehead atoms. The molecule has 0 spiro atoms. The highest BCUT2D eigenvalue weighted by Crippen LogP contribution is 2.28. The Morgan fingerprint density at radius 3 is 2.72 bits per heavy atom. The molecule has 1 heterocycles. The largest absolute Gasteiger partial charge is 0.477 e. The highest BCUT2D eigenvalue weighted by Gasteiger charge is 2.05. The lowest BCUT2D eigenvalue weighted by Gasteiger charge is -2.08. The molecule has 0 atom stereocenters. The van der Waals surface area contributed by atoms with E-state index in [0.717, 1.165) is 10.2 Å². The standard InChI is InChI=1S/C12H8BrClN2O2/c13-9-3-1-7(14)5-11(9)16-8-2-4-10(12(17)18)15-6-8/h1-6,16H,(H,17,18). The molecule has 1 aromatic carbocycles. The summed E-state index contributed by atoms with van der Waals surface area (Å²) in [4.78, 5) is 14.5. The van der Waals surface area contributed by atoms with E-state index in [1.807, 2.05) is 6.07 Å². The van der Waals surface area contributed by atoms with Gasteiger partial charge in [0.1, 0.15) is 5.69 Å². The van der Waals surface area contributed by atoms with Gasteiger partial charge in [-0.15, -0.1) is 0 Å². The number of carboxylic acids is 1. The molecule has 0 amide bonds.